The quantitative estimate of drug-likeness (QED) is 0.942. The molecule has 21 heavy (non-hydrogen) atoms. The molecule has 4 nitrogen and oxygen atoms in total. The molecule has 1 saturated heterocycles. The van der Waals surface area contributed by atoms with Crippen LogP contribution in [0.2, 0.25) is 0 Å². The molecule has 1 aliphatic heterocycles. The Morgan fingerprint density at radius 2 is 2.19 bits per heavy atom. The molecule has 0 spiro atoms. The predicted octanol–water partition coefficient (Wildman–Crippen LogP) is 3.26. The molecule has 0 aliphatic carbocycles. The Hall–Kier alpha value is -2.17. The van der Waals surface area contributed by atoms with Crippen molar-refractivity contribution in [3.63, 3.8) is 0 Å². The van der Waals surface area contributed by atoms with E-state index in [9.17, 15) is 9.18 Å². The average Bonchev–Trinajstić information content (AvgIpc) is 2.90. The first-order chi connectivity index (χ1) is 10.1. The number of likely N-dealkylation sites (tertiary alicyclic amines) is 1. The summed E-state index contributed by atoms with van der Waals surface area (Å²) in [7, 11) is 0. The summed E-state index contributed by atoms with van der Waals surface area (Å²) in [5, 5.41) is 6.96. The number of hydrogen-bond acceptors (Lipinski definition) is 2. The van der Waals surface area contributed by atoms with E-state index >= 15 is 0 Å². The molecule has 2 aromatic rings. The van der Waals surface area contributed by atoms with Crippen molar-refractivity contribution in [2.24, 2.45) is 0 Å². The van der Waals surface area contributed by atoms with Gasteiger partial charge in [-0.1, -0.05) is 32.0 Å². The third-order valence-corrected chi connectivity index (χ3v) is 3.98. The van der Waals surface area contributed by atoms with Gasteiger partial charge in [0.1, 0.15) is 11.5 Å². The molecule has 1 fully saturated rings. The Morgan fingerprint density at radius 3 is 2.76 bits per heavy atom. The molecule has 1 aliphatic rings. The van der Waals surface area contributed by atoms with Crippen LogP contribution in [0.1, 0.15) is 54.0 Å². The minimum atomic E-state index is -0.259. The Labute approximate surface area is 123 Å². The number of rotatable bonds is 3. The molecular weight excluding hydrogens is 269 g/mol. The van der Waals surface area contributed by atoms with Gasteiger partial charge >= 0.3 is 0 Å². The molecule has 1 aromatic carbocycles. The van der Waals surface area contributed by atoms with Crippen LogP contribution in [0.15, 0.2) is 30.3 Å². The number of aromatic nitrogens is 2. The normalized spacial score (nSPS) is 17.9. The van der Waals surface area contributed by atoms with Gasteiger partial charge in [-0.05, 0) is 24.5 Å². The molecule has 0 bridgehead atoms. The minimum Gasteiger partial charge on any atom is -0.330 e. The van der Waals surface area contributed by atoms with E-state index in [1.54, 1.807) is 29.2 Å². The average molecular weight is 287 g/mol. The number of carbonyl (C=O) groups is 1. The second-order valence-corrected chi connectivity index (χ2v) is 5.69. The summed E-state index contributed by atoms with van der Waals surface area (Å²) in [6, 6.07) is 8.23. The van der Waals surface area contributed by atoms with E-state index in [0.29, 0.717) is 17.8 Å². The van der Waals surface area contributed by atoms with Gasteiger partial charge in [-0.2, -0.15) is 5.10 Å². The van der Waals surface area contributed by atoms with Crippen molar-refractivity contribution in [3.8, 4) is 0 Å². The van der Waals surface area contributed by atoms with E-state index in [1.807, 2.05) is 13.8 Å². The van der Waals surface area contributed by atoms with Crippen LogP contribution in [0.5, 0.6) is 0 Å². The number of nitrogens with zero attached hydrogens (tertiary/aromatic N) is 2. The summed E-state index contributed by atoms with van der Waals surface area (Å²) >= 11 is 0. The van der Waals surface area contributed by atoms with Crippen LogP contribution >= 0.6 is 0 Å². The first kappa shape index (κ1) is 13.8. The first-order valence-corrected chi connectivity index (χ1v) is 7.18. The van der Waals surface area contributed by atoms with Crippen molar-refractivity contribution in [2.75, 3.05) is 6.54 Å². The largest absolute Gasteiger partial charge is 0.330 e. The molecule has 5 heteroatoms. The number of aromatic amines is 1. The Morgan fingerprint density at radius 1 is 1.43 bits per heavy atom. The highest BCUT2D eigenvalue weighted by molar-refractivity contribution is 5.93. The van der Waals surface area contributed by atoms with Crippen molar-refractivity contribution in [1.29, 1.82) is 0 Å². The van der Waals surface area contributed by atoms with Crippen molar-refractivity contribution in [3.05, 3.63) is 53.1 Å². The maximum atomic E-state index is 13.9. The summed E-state index contributed by atoms with van der Waals surface area (Å²) in [6.07, 6.45) is 0.786. The van der Waals surface area contributed by atoms with Crippen molar-refractivity contribution in [1.82, 2.24) is 15.1 Å². The van der Waals surface area contributed by atoms with E-state index < -0.39 is 0 Å². The van der Waals surface area contributed by atoms with E-state index in [1.165, 1.54) is 6.07 Å². The fraction of sp³-hybridized carbons (Fsp3) is 0.375. The third-order valence-electron chi connectivity index (χ3n) is 3.98. The van der Waals surface area contributed by atoms with Crippen LogP contribution in [0.4, 0.5) is 4.39 Å². The SMILES string of the molecule is CC(C)c1cc(C(=O)N2CCC2c2ccccc2F)n[nH]1. The van der Waals surface area contributed by atoms with Gasteiger partial charge in [0.15, 0.2) is 0 Å². The monoisotopic (exact) mass is 287 g/mol. The Bertz CT molecular complexity index is 665. The van der Waals surface area contributed by atoms with Crippen LogP contribution < -0.4 is 0 Å². The van der Waals surface area contributed by atoms with Crippen LogP contribution in [-0.4, -0.2) is 27.5 Å². The first-order valence-electron chi connectivity index (χ1n) is 7.18. The predicted molar refractivity (Wildman–Crippen MR) is 77.5 cm³/mol. The second kappa shape index (κ2) is 5.31. The van der Waals surface area contributed by atoms with Gasteiger partial charge in [0.2, 0.25) is 0 Å². The van der Waals surface area contributed by atoms with Crippen LogP contribution in [0.3, 0.4) is 0 Å². The van der Waals surface area contributed by atoms with Gasteiger partial charge in [-0.15, -0.1) is 0 Å². The summed E-state index contributed by atoms with van der Waals surface area (Å²) < 4.78 is 13.9. The molecule has 1 N–H and O–H groups in total. The lowest BCUT2D eigenvalue weighted by Crippen LogP contribution is -2.45. The maximum absolute atomic E-state index is 13.9. The Kier molecular flexibility index (Phi) is 3.49. The molecule has 0 saturated carbocycles. The molecule has 3 rings (SSSR count). The van der Waals surface area contributed by atoms with E-state index in [0.717, 1.165) is 12.1 Å². The van der Waals surface area contributed by atoms with Crippen LogP contribution in [0.25, 0.3) is 0 Å². The van der Waals surface area contributed by atoms with Crippen LogP contribution in [0, 0.1) is 5.82 Å². The molecule has 1 atom stereocenters. The molecule has 1 aromatic heterocycles. The number of H-pyrrole nitrogens is 1. The van der Waals surface area contributed by atoms with Gasteiger partial charge in [-0.25, -0.2) is 4.39 Å². The van der Waals surface area contributed by atoms with Gasteiger partial charge in [0.05, 0.1) is 6.04 Å². The standard InChI is InChI=1S/C16H18FN3O/c1-10(2)13-9-14(19-18-13)16(21)20-8-7-15(20)11-5-3-4-6-12(11)17/h3-6,9-10,15H,7-8H2,1-2H3,(H,18,19). The van der Waals surface area contributed by atoms with Crippen molar-refractivity contribution >= 4 is 5.91 Å². The van der Waals surface area contributed by atoms with E-state index in [-0.39, 0.29) is 23.7 Å². The zero-order valence-electron chi connectivity index (χ0n) is 12.1. The van der Waals surface area contributed by atoms with Crippen molar-refractivity contribution in [2.45, 2.75) is 32.2 Å². The highest BCUT2D eigenvalue weighted by Gasteiger charge is 2.36. The number of halogens is 1. The molecule has 1 amide bonds. The fourth-order valence-corrected chi connectivity index (χ4v) is 2.59. The number of nitrogens with one attached hydrogen (secondary N) is 1. The van der Waals surface area contributed by atoms with E-state index in [4.69, 9.17) is 0 Å². The lowest BCUT2D eigenvalue weighted by Gasteiger charge is -2.41. The van der Waals surface area contributed by atoms with Gasteiger partial charge in [0.25, 0.3) is 5.91 Å². The zero-order chi connectivity index (χ0) is 15.0. The molecule has 110 valence electrons. The van der Waals surface area contributed by atoms with Crippen LogP contribution in [-0.2, 0) is 0 Å². The number of carbonyl (C=O) groups excluding carboxylic acids is 1. The smallest absolute Gasteiger partial charge is 0.274 e. The summed E-state index contributed by atoms with van der Waals surface area (Å²) in [5.74, 6) is -0.111. The summed E-state index contributed by atoms with van der Waals surface area (Å²) in [4.78, 5) is 14.2. The lowest BCUT2D eigenvalue weighted by molar-refractivity contribution is 0.0447. The second-order valence-electron chi connectivity index (χ2n) is 5.69. The third kappa shape index (κ3) is 2.44. The van der Waals surface area contributed by atoms with Gasteiger partial charge < -0.3 is 4.90 Å². The Balaban J connectivity index is 1.80. The highest BCUT2D eigenvalue weighted by atomic mass is 19.1. The van der Waals surface area contributed by atoms with Gasteiger partial charge in [0, 0.05) is 17.8 Å². The number of benzene rings is 1. The molecular formula is C16H18FN3O. The molecule has 1 unspecified atom stereocenters. The fourth-order valence-electron chi connectivity index (χ4n) is 2.59. The molecule has 0 radical (unpaired) electrons. The minimum absolute atomic E-state index is 0.141. The van der Waals surface area contributed by atoms with E-state index in [2.05, 4.69) is 10.2 Å². The number of amides is 1. The summed E-state index contributed by atoms with van der Waals surface area (Å²) in [5.41, 5.74) is 1.91. The van der Waals surface area contributed by atoms with Crippen molar-refractivity contribution < 1.29 is 9.18 Å². The topological polar surface area (TPSA) is 49.0 Å². The number of hydrogen-bond donors (Lipinski definition) is 1. The highest BCUT2D eigenvalue weighted by Crippen LogP contribution is 2.35. The lowest BCUT2D eigenvalue weighted by atomic mass is 9.94. The summed E-state index contributed by atoms with van der Waals surface area (Å²) in [6.45, 7) is 4.71. The molecule has 2 heterocycles. The zero-order valence-corrected chi connectivity index (χ0v) is 12.1. The maximum Gasteiger partial charge on any atom is 0.274 e. The van der Waals surface area contributed by atoms with Gasteiger partial charge in [-0.3, -0.25) is 9.89 Å².